The van der Waals surface area contributed by atoms with Gasteiger partial charge in [0.1, 0.15) is 6.61 Å². The molecule has 8 nitrogen and oxygen atoms in total. The number of hydrogen-bond acceptors (Lipinski definition) is 5. The van der Waals surface area contributed by atoms with E-state index in [1.165, 1.54) is 4.57 Å². The second-order valence-corrected chi connectivity index (χ2v) is 6.92. The van der Waals surface area contributed by atoms with Crippen LogP contribution in [-0.2, 0) is 19.6 Å². The minimum atomic E-state index is -0.550. The number of rotatable bonds is 7. The zero-order valence-corrected chi connectivity index (χ0v) is 16.1. The van der Waals surface area contributed by atoms with E-state index in [0.29, 0.717) is 23.0 Å². The summed E-state index contributed by atoms with van der Waals surface area (Å²) in [7, 11) is 0. The Bertz CT molecular complexity index is 1300. The normalized spacial score (nSPS) is 11.1. The molecule has 0 spiro atoms. The van der Waals surface area contributed by atoms with Crippen molar-refractivity contribution < 1.29 is 9.90 Å². The lowest BCUT2D eigenvalue weighted by Crippen LogP contribution is -2.41. The predicted octanol–water partition coefficient (Wildman–Crippen LogP) is 1.28. The summed E-state index contributed by atoms with van der Waals surface area (Å²) in [6.07, 6.45) is 5.06. The Labute approximate surface area is 171 Å². The maximum atomic E-state index is 13.2. The van der Waals surface area contributed by atoms with Crippen LogP contribution in [0.1, 0.15) is 15.9 Å². The van der Waals surface area contributed by atoms with Crippen molar-refractivity contribution in [1.82, 2.24) is 18.7 Å². The van der Waals surface area contributed by atoms with Crippen LogP contribution in [0, 0.1) is 0 Å². The minimum Gasteiger partial charge on any atom is -0.388 e. The van der Waals surface area contributed by atoms with Gasteiger partial charge in [-0.15, -0.1) is 0 Å². The van der Waals surface area contributed by atoms with Crippen LogP contribution in [-0.4, -0.2) is 36.2 Å². The number of aromatic nitrogens is 4. The third-order valence-electron chi connectivity index (χ3n) is 5.03. The zero-order chi connectivity index (χ0) is 21.1. The number of aryl methyl sites for hydroxylation is 1. The quantitative estimate of drug-likeness (QED) is 0.468. The number of hydrogen-bond donors (Lipinski definition) is 1. The number of nitrogens with zero attached hydrogens (tertiary/aromatic N) is 4. The number of Topliss-reactive ketones (excluding diaryl/α,β-unsaturated/α-hetero) is 1. The predicted molar refractivity (Wildman–Crippen MR) is 112 cm³/mol. The molecule has 0 saturated heterocycles. The van der Waals surface area contributed by atoms with Crippen LogP contribution in [0.2, 0.25) is 0 Å². The highest BCUT2D eigenvalue weighted by molar-refractivity contribution is 5.96. The smallest absolute Gasteiger partial charge is 0.331 e. The molecule has 0 saturated carbocycles. The van der Waals surface area contributed by atoms with Gasteiger partial charge >= 0.3 is 5.69 Å². The van der Waals surface area contributed by atoms with Crippen LogP contribution in [0.4, 0.5) is 0 Å². The Hall–Kier alpha value is -3.78. The third-order valence-corrected chi connectivity index (χ3v) is 5.03. The highest BCUT2D eigenvalue weighted by Crippen LogP contribution is 2.12. The number of aliphatic hydroxyl groups is 1. The summed E-state index contributed by atoms with van der Waals surface area (Å²) in [6.45, 7) is 0.373. The first-order chi connectivity index (χ1) is 14.6. The van der Waals surface area contributed by atoms with Gasteiger partial charge in [-0.3, -0.25) is 18.7 Å². The number of ketones is 1. The molecule has 8 heteroatoms. The fraction of sp³-hybridized carbons (Fsp3) is 0.182. The first kappa shape index (κ1) is 19.5. The number of aliphatic hydroxyl groups excluding tert-OH is 1. The van der Waals surface area contributed by atoms with Crippen molar-refractivity contribution in [1.29, 1.82) is 0 Å². The van der Waals surface area contributed by atoms with Gasteiger partial charge in [-0.2, -0.15) is 0 Å². The van der Waals surface area contributed by atoms with Crippen molar-refractivity contribution in [3.8, 4) is 0 Å². The Morgan fingerprint density at radius 3 is 2.43 bits per heavy atom. The van der Waals surface area contributed by atoms with Crippen LogP contribution < -0.4 is 11.2 Å². The Morgan fingerprint density at radius 2 is 1.73 bits per heavy atom. The average molecular weight is 404 g/mol. The third kappa shape index (κ3) is 3.72. The molecular weight excluding hydrogens is 384 g/mol. The molecule has 2 aromatic heterocycles. The maximum Gasteiger partial charge on any atom is 0.331 e. The Balaban J connectivity index is 1.75. The number of benzene rings is 2. The second-order valence-electron chi connectivity index (χ2n) is 6.92. The largest absolute Gasteiger partial charge is 0.388 e. The van der Waals surface area contributed by atoms with Crippen molar-refractivity contribution in [3.63, 3.8) is 0 Å². The summed E-state index contributed by atoms with van der Waals surface area (Å²) in [6, 6.07) is 13.7. The van der Waals surface area contributed by atoms with Crippen molar-refractivity contribution in [3.05, 3.63) is 99.2 Å². The summed E-state index contributed by atoms with van der Waals surface area (Å²) >= 11 is 0. The monoisotopic (exact) mass is 404 g/mol. The molecule has 4 aromatic rings. The van der Waals surface area contributed by atoms with Crippen LogP contribution in [0.3, 0.4) is 0 Å². The van der Waals surface area contributed by atoms with E-state index in [2.05, 4.69) is 4.98 Å². The molecule has 30 heavy (non-hydrogen) atoms. The fourth-order valence-electron chi connectivity index (χ4n) is 3.43. The zero-order valence-electron chi connectivity index (χ0n) is 16.1. The van der Waals surface area contributed by atoms with Gasteiger partial charge < -0.3 is 9.67 Å². The minimum absolute atomic E-state index is 0.225. The molecule has 0 fully saturated rings. The van der Waals surface area contributed by atoms with Crippen molar-refractivity contribution in [2.45, 2.75) is 19.6 Å². The van der Waals surface area contributed by atoms with Gasteiger partial charge in [0.05, 0.1) is 23.8 Å². The van der Waals surface area contributed by atoms with E-state index in [9.17, 15) is 14.4 Å². The van der Waals surface area contributed by atoms with E-state index >= 15 is 0 Å². The van der Waals surface area contributed by atoms with Gasteiger partial charge in [-0.05, 0) is 17.7 Å². The molecule has 0 aliphatic rings. The molecule has 0 unspecified atom stereocenters. The summed E-state index contributed by atoms with van der Waals surface area (Å²) in [5, 5.41) is 9.46. The number of para-hydroxylation sites is 1. The average Bonchev–Trinajstić information content (AvgIpc) is 3.30. The van der Waals surface area contributed by atoms with E-state index in [-0.39, 0.29) is 24.4 Å². The van der Waals surface area contributed by atoms with Crippen molar-refractivity contribution in [2.75, 3.05) is 6.61 Å². The van der Waals surface area contributed by atoms with Crippen LogP contribution >= 0.6 is 0 Å². The first-order valence-corrected chi connectivity index (χ1v) is 9.49. The van der Waals surface area contributed by atoms with Gasteiger partial charge in [0, 0.05) is 31.0 Å². The molecular formula is C22H20N4O4. The highest BCUT2D eigenvalue weighted by atomic mass is 16.3. The van der Waals surface area contributed by atoms with E-state index in [4.69, 9.17) is 5.11 Å². The first-order valence-electron chi connectivity index (χ1n) is 9.49. The molecule has 0 radical (unpaired) electrons. The number of carbonyl (C=O) groups excluding carboxylic acids is 1. The van der Waals surface area contributed by atoms with Gasteiger partial charge in [-0.25, -0.2) is 9.78 Å². The second kappa shape index (κ2) is 8.30. The highest BCUT2D eigenvalue weighted by Gasteiger charge is 2.13. The van der Waals surface area contributed by atoms with Crippen LogP contribution in [0.15, 0.2) is 76.8 Å². The molecule has 0 atom stereocenters. The SMILES string of the molecule is O=C(CO)c1ccc(Cn2c(=O)n(CCn3ccnc3)c(=O)c3ccccc32)cc1. The van der Waals surface area contributed by atoms with E-state index in [1.54, 1.807) is 71.8 Å². The molecule has 0 aliphatic heterocycles. The number of imidazole rings is 1. The molecule has 4 rings (SSSR count). The topological polar surface area (TPSA) is 99.1 Å². The molecule has 0 bridgehead atoms. The molecule has 1 N–H and O–H groups in total. The molecule has 152 valence electrons. The molecule has 2 heterocycles. The Kier molecular flexibility index (Phi) is 5.40. The van der Waals surface area contributed by atoms with E-state index in [1.807, 2.05) is 4.57 Å². The van der Waals surface area contributed by atoms with Gasteiger partial charge in [0.25, 0.3) is 5.56 Å². The van der Waals surface area contributed by atoms with Crippen molar-refractivity contribution in [2.24, 2.45) is 0 Å². The molecule has 0 amide bonds. The fourth-order valence-corrected chi connectivity index (χ4v) is 3.43. The standard InChI is InChI=1S/C22H20N4O4/c27-14-20(28)17-7-5-16(6-8-17)13-26-19-4-2-1-3-18(19)21(29)25(22(26)30)12-11-24-10-9-23-15-24/h1-10,15,27H,11-14H2. The Morgan fingerprint density at radius 1 is 0.967 bits per heavy atom. The summed E-state index contributed by atoms with van der Waals surface area (Å²) < 4.78 is 4.61. The van der Waals surface area contributed by atoms with E-state index < -0.39 is 12.3 Å². The lowest BCUT2D eigenvalue weighted by atomic mass is 10.1. The summed E-state index contributed by atoms with van der Waals surface area (Å²) in [5.74, 6) is -0.364. The number of fused-ring (bicyclic) bond motifs is 1. The molecule has 0 aliphatic carbocycles. The molecule has 2 aromatic carbocycles. The van der Waals surface area contributed by atoms with Gasteiger partial charge in [0.2, 0.25) is 0 Å². The maximum absolute atomic E-state index is 13.2. The van der Waals surface area contributed by atoms with Crippen LogP contribution in [0.5, 0.6) is 0 Å². The lowest BCUT2D eigenvalue weighted by Gasteiger charge is -2.14. The van der Waals surface area contributed by atoms with Gasteiger partial charge in [-0.1, -0.05) is 36.4 Å². The summed E-state index contributed by atoms with van der Waals surface area (Å²) in [4.78, 5) is 41.7. The van der Waals surface area contributed by atoms with E-state index in [0.717, 1.165) is 5.56 Å². The van der Waals surface area contributed by atoms with Crippen molar-refractivity contribution >= 4 is 16.7 Å². The summed E-state index contributed by atoms with van der Waals surface area (Å²) in [5.41, 5.74) is 1.05. The number of carbonyl (C=O) groups is 1. The van der Waals surface area contributed by atoms with Gasteiger partial charge in [0.15, 0.2) is 5.78 Å². The van der Waals surface area contributed by atoms with Crippen LogP contribution in [0.25, 0.3) is 10.9 Å². The lowest BCUT2D eigenvalue weighted by molar-refractivity contribution is 0.0903.